The molecule has 0 spiro atoms. The van der Waals surface area contributed by atoms with Crippen LogP contribution in [0.25, 0.3) is 0 Å². The third-order valence-corrected chi connectivity index (χ3v) is 8.57. The van der Waals surface area contributed by atoms with Gasteiger partial charge in [0.1, 0.15) is 11.3 Å². The van der Waals surface area contributed by atoms with E-state index in [-0.39, 0.29) is 46.1 Å². The van der Waals surface area contributed by atoms with E-state index in [1.54, 1.807) is 17.9 Å². The van der Waals surface area contributed by atoms with Crippen LogP contribution in [0.5, 0.6) is 0 Å². The highest BCUT2D eigenvalue weighted by Gasteiger charge is 2.53. The molecule has 1 amide bonds. The van der Waals surface area contributed by atoms with Crippen LogP contribution in [0, 0.1) is 10.8 Å². The molecule has 0 saturated carbocycles. The minimum Gasteiger partial charge on any atom is -0.509 e. The Kier molecular flexibility index (Phi) is 7.56. The van der Waals surface area contributed by atoms with Gasteiger partial charge in [-0.05, 0) is 41.1 Å². The van der Waals surface area contributed by atoms with E-state index < -0.39 is 29.3 Å². The van der Waals surface area contributed by atoms with Gasteiger partial charge in [-0.2, -0.15) is 9.42 Å². The average molecular weight is 542 g/mol. The first-order valence-electron chi connectivity index (χ1n) is 11.9. The number of hydrogen-bond acceptors (Lipinski definition) is 8. The Morgan fingerprint density at radius 1 is 1.22 bits per heavy atom. The number of rotatable bonds is 7. The molecule has 0 aromatic heterocycles. The molecule has 0 fully saturated rings. The van der Waals surface area contributed by atoms with Crippen molar-refractivity contribution in [2.75, 3.05) is 29.4 Å². The normalized spacial score (nSPS) is 22.9. The topological polar surface area (TPSA) is 141 Å². The summed E-state index contributed by atoms with van der Waals surface area (Å²) in [5.74, 6) is -0.440. The van der Waals surface area contributed by atoms with Gasteiger partial charge in [-0.15, -0.1) is 0 Å². The summed E-state index contributed by atoms with van der Waals surface area (Å²) in [5, 5.41) is 14.7. The Morgan fingerprint density at radius 3 is 2.39 bits per heavy atom. The Morgan fingerprint density at radius 2 is 1.86 bits per heavy atom. The number of sulfonamides is 1. The zero-order valence-corrected chi connectivity index (χ0v) is 23.9. The summed E-state index contributed by atoms with van der Waals surface area (Å²) in [7, 11) is -7.20. The SMILES string of the molecule is CCO[P+]1(O)N=C(C2=C(O)[C@H](C(C)(C)C)N(CCC(C)(C)C)C2=O)Nc2ccc(NS(C)(=O)=O)cc21. The van der Waals surface area contributed by atoms with Gasteiger partial charge in [-0.1, -0.05) is 41.5 Å². The van der Waals surface area contributed by atoms with Gasteiger partial charge in [0, 0.05) is 12.6 Å². The molecule has 1 unspecified atom stereocenters. The number of hydrogen-bond donors (Lipinski definition) is 4. The molecule has 200 valence electrons. The zero-order chi connectivity index (χ0) is 27.3. The van der Waals surface area contributed by atoms with Crippen molar-refractivity contribution in [1.82, 2.24) is 4.90 Å². The van der Waals surface area contributed by atoms with Crippen molar-refractivity contribution in [3.63, 3.8) is 0 Å². The zero-order valence-electron chi connectivity index (χ0n) is 22.2. The lowest BCUT2D eigenvalue weighted by molar-refractivity contribution is -0.128. The largest absolute Gasteiger partial charge is 0.509 e. The van der Waals surface area contributed by atoms with Crippen LogP contribution in [0.3, 0.4) is 0 Å². The fraction of sp³-hybridized carbons (Fsp3) is 0.583. The van der Waals surface area contributed by atoms with Crippen molar-refractivity contribution < 1.29 is 27.7 Å². The van der Waals surface area contributed by atoms with Crippen LogP contribution < -0.4 is 15.3 Å². The maximum Gasteiger partial charge on any atom is 0.432 e. The number of benzene rings is 1. The number of amidine groups is 1. The van der Waals surface area contributed by atoms with Gasteiger partial charge in [0.2, 0.25) is 15.3 Å². The molecule has 2 aliphatic heterocycles. The van der Waals surface area contributed by atoms with Gasteiger partial charge in [0.25, 0.3) is 5.91 Å². The van der Waals surface area contributed by atoms with Crippen LogP contribution in [-0.2, 0) is 19.3 Å². The van der Waals surface area contributed by atoms with E-state index in [1.807, 2.05) is 20.8 Å². The monoisotopic (exact) mass is 541 g/mol. The first-order valence-corrected chi connectivity index (χ1v) is 15.4. The van der Waals surface area contributed by atoms with Crippen molar-refractivity contribution in [3.8, 4) is 0 Å². The Balaban J connectivity index is 2.09. The van der Waals surface area contributed by atoms with E-state index in [4.69, 9.17) is 4.52 Å². The van der Waals surface area contributed by atoms with Crippen molar-refractivity contribution in [3.05, 3.63) is 29.5 Å². The number of nitrogens with one attached hydrogen (secondary N) is 2. The van der Waals surface area contributed by atoms with E-state index in [0.29, 0.717) is 12.2 Å². The number of anilines is 2. The summed E-state index contributed by atoms with van der Waals surface area (Å²) >= 11 is 0. The molecule has 2 atom stereocenters. The molecule has 3 rings (SSSR count). The van der Waals surface area contributed by atoms with E-state index in [1.165, 1.54) is 12.1 Å². The maximum atomic E-state index is 13.7. The van der Waals surface area contributed by atoms with Gasteiger partial charge in [-0.25, -0.2) is 8.42 Å². The predicted octanol–water partition coefficient (Wildman–Crippen LogP) is 3.80. The fourth-order valence-corrected chi connectivity index (χ4v) is 6.72. The molecule has 0 bridgehead atoms. The summed E-state index contributed by atoms with van der Waals surface area (Å²) in [6.45, 7) is 14.4. The van der Waals surface area contributed by atoms with Gasteiger partial charge in [0.05, 0.1) is 30.3 Å². The van der Waals surface area contributed by atoms with Crippen LogP contribution in [-0.4, -0.2) is 60.5 Å². The molecular weight excluding hydrogens is 503 g/mol. The van der Waals surface area contributed by atoms with Crippen LogP contribution in [0.15, 0.2) is 34.3 Å². The number of carbonyl (C=O) groups excluding carboxylic acids is 1. The molecular formula is C24H38N4O6PS+. The standard InChI is InChI=1S/C24H37N4O6PS/c1-9-34-35(31)17-14-15(27-36(8,32)33)10-11-16(17)25-21(26-35)18-19(29)20(24(5,6)7)28(22(18)30)13-12-23(2,3)4/h10-11,14,20,27,31H,9,12-13H2,1-8H3,(H-,25,26,29,30)/p+1/t20-,35?/m1/s1. The number of nitrogens with zero attached hydrogens (tertiary/aromatic N) is 2. The summed E-state index contributed by atoms with van der Waals surface area (Å²) in [4.78, 5) is 26.9. The molecule has 2 aliphatic rings. The second-order valence-corrected chi connectivity index (χ2v) is 15.3. The minimum atomic E-state index is -3.65. The van der Waals surface area contributed by atoms with E-state index >= 15 is 0 Å². The summed E-state index contributed by atoms with van der Waals surface area (Å²) in [5.41, 5.74) is 0.196. The maximum absolute atomic E-state index is 13.7. The lowest BCUT2D eigenvalue weighted by Crippen LogP contribution is -2.45. The molecule has 2 heterocycles. The first-order chi connectivity index (χ1) is 16.4. The number of carbonyl (C=O) groups is 1. The highest BCUT2D eigenvalue weighted by Crippen LogP contribution is 2.60. The van der Waals surface area contributed by atoms with Crippen LogP contribution in [0.1, 0.15) is 54.9 Å². The van der Waals surface area contributed by atoms with E-state index in [0.717, 1.165) is 12.7 Å². The molecule has 4 N–H and O–H groups in total. The van der Waals surface area contributed by atoms with Gasteiger partial charge >= 0.3 is 7.87 Å². The van der Waals surface area contributed by atoms with E-state index in [9.17, 15) is 23.2 Å². The summed E-state index contributed by atoms with van der Waals surface area (Å²) in [6, 6.07) is 4.01. The van der Waals surface area contributed by atoms with Gasteiger partial charge in [0.15, 0.2) is 5.84 Å². The highest BCUT2D eigenvalue weighted by molar-refractivity contribution is 7.92. The first kappa shape index (κ1) is 28.4. The Labute approximate surface area is 214 Å². The highest BCUT2D eigenvalue weighted by atomic mass is 32.2. The molecule has 10 nitrogen and oxygen atoms in total. The van der Waals surface area contributed by atoms with Crippen LogP contribution in [0.4, 0.5) is 11.4 Å². The van der Waals surface area contributed by atoms with Crippen LogP contribution in [0.2, 0.25) is 0 Å². The van der Waals surface area contributed by atoms with Crippen molar-refractivity contribution in [2.45, 2.75) is 60.9 Å². The summed E-state index contributed by atoms with van der Waals surface area (Å²) in [6.07, 6.45) is 1.77. The Hall–Kier alpha value is -2.20. The van der Waals surface area contributed by atoms with Crippen molar-refractivity contribution in [1.29, 1.82) is 0 Å². The number of amides is 1. The second kappa shape index (κ2) is 9.59. The van der Waals surface area contributed by atoms with Crippen molar-refractivity contribution in [2.24, 2.45) is 15.6 Å². The van der Waals surface area contributed by atoms with E-state index in [2.05, 4.69) is 35.6 Å². The number of fused-ring (bicyclic) bond motifs is 1. The lowest BCUT2D eigenvalue weighted by Gasteiger charge is -2.36. The Bertz CT molecular complexity index is 1220. The molecule has 0 aliphatic carbocycles. The molecule has 0 saturated heterocycles. The molecule has 1 aromatic rings. The molecule has 1 aromatic carbocycles. The lowest BCUT2D eigenvalue weighted by atomic mass is 9.84. The average Bonchev–Trinajstić information content (AvgIpc) is 2.95. The minimum absolute atomic E-state index is 0.00551. The smallest absolute Gasteiger partial charge is 0.432 e. The summed E-state index contributed by atoms with van der Waals surface area (Å²) < 4.78 is 35.9. The quantitative estimate of drug-likeness (QED) is 0.385. The second-order valence-electron chi connectivity index (χ2n) is 11.5. The van der Waals surface area contributed by atoms with Crippen molar-refractivity contribution >= 4 is 46.3 Å². The third-order valence-electron chi connectivity index (χ3n) is 5.87. The van der Waals surface area contributed by atoms with Crippen LogP contribution >= 0.6 is 7.87 Å². The molecule has 12 heteroatoms. The fourth-order valence-electron chi connectivity index (χ4n) is 4.33. The molecule has 36 heavy (non-hydrogen) atoms. The molecule has 0 radical (unpaired) electrons. The number of aliphatic hydroxyl groups excluding tert-OH is 1. The van der Waals surface area contributed by atoms with Gasteiger partial charge in [-0.3, -0.25) is 9.52 Å². The third kappa shape index (κ3) is 6.02. The van der Waals surface area contributed by atoms with Gasteiger partial charge < -0.3 is 15.3 Å². The number of aliphatic hydroxyl groups is 1. The predicted molar refractivity (Wildman–Crippen MR) is 145 cm³/mol.